The highest BCUT2D eigenvalue weighted by molar-refractivity contribution is 7.99. The van der Waals surface area contributed by atoms with Crippen LogP contribution in [0.1, 0.15) is 0 Å². The number of carbonyl (C=O) groups excluding carboxylic acids is 1. The van der Waals surface area contributed by atoms with Gasteiger partial charge in [0.1, 0.15) is 5.69 Å². The first-order valence-electron chi connectivity index (χ1n) is 10.4. The molecular weight excluding hydrogens is 442 g/mol. The van der Waals surface area contributed by atoms with Crippen LogP contribution in [0.3, 0.4) is 0 Å². The van der Waals surface area contributed by atoms with E-state index in [1.807, 2.05) is 24.3 Å². The van der Waals surface area contributed by atoms with Crippen LogP contribution < -0.4 is 10.2 Å². The van der Waals surface area contributed by atoms with Gasteiger partial charge in [0.2, 0.25) is 11.1 Å². The van der Waals surface area contributed by atoms with Crippen molar-refractivity contribution in [3.8, 4) is 22.9 Å². The summed E-state index contributed by atoms with van der Waals surface area (Å²) in [7, 11) is 0. The lowest BCUT2D eigenvalue weighted by Crippen LogP contribution is -2.36. The molecule has 0 bridgehead atoms. The Kier molecular flexibility index (Phi) is 6.36. The fourth-order valence-corrected chi connectivity index (χ4v) is 4.03. The largest absolute Gasteiger partial charge is 0.463 e. The summed E-state index contributed by atoms with van der Waals surface area (Å²) in [6.07, 6.45) is 3.12. The number of hydrogen-bond donors (Lipinski definition) is 1. The number of nitrogens with one attached hydrogen (secondary N) is 1. The van der Waals surface area contributed by atoms with E-state index in [4.69, 9.17) is 13.6 Å². The van der Waals surface area contributed by atoms with Gasteiger partial charge in [-0.05, 0) is 48.5 Å². The Morgan fingerprint density at radius 1 is 0.939 bits per heavy atom. The molecule has 33 heavy (non-hydrogen) atoms. The minimum Gasteiger partial charge on any atom is -0.463 e. The molecule has 4 heterocycles. The van der Waals surface area contributed by atoms with Crippen LogP contribution in [0, 0.1) is 0 Å². The molecule has 0 saturated carbocycles. The zero-order chi connectivity index (χ0) is 22.5. The summed E-state index contributed by atoms with van der Waals surface area (Å²) < 4.78 is 16.3. The van der Waals surface area contributed by atoms with E-state index in [9.17, 15) is 4.79 Å². The van der Waals surface area contributed by atoms with Crippen LogP contribution in [-0.2, 0) is 9.53 Å². The van der Waals surface area contributed by atoms with Gasteiger partial charge in [0, 0.05) is 24.5 Å². The molecule has 4 aromatic rings. The Bertz CT molecular complexity index is 1190. The molecule has 1 fully saturated rings. The van der Waals surface area contributed by atoms with Gasteiger partial charge in [0.15, 0.2) is 17.2 Å². The molecule has 0 unspecified atom stereocenters. The minimum atomic E-state index is -0.155. The van der Waals surface area contributed by atoms with Crippen molar-refractivity contribution in [1.29, 1.82) is 0 Å². The molecule has 0 radical (unpaired) electrons. The van der Waals surface area contributed by atoms with E-state index >= 15 is 0 Å². The highest BCUT2D eigenvalue weighted by Crippen LogP contribution is 2.30. The van der Waals surface area contributed by atoms with E-state index < -0.39 is 0 Å². The maximum absolute atomic E-state index is 12.5. The van der Waals surface area contributed by atoms with Gasteiger partial charge in [0.25, 0.3) is 0 Å². The zero-order valence-corrected chi connectivity index (χ0v) is 18.5. The van der Waals surface area contributed by atoms with Crippen molar-refractivity contribution in [3.05, 3.63) is 61.1 Å². The van der Waals surface area contributed by atoms with Gasteiger partial charge in [-0.3, -0.25) is 4.79 Å². The van der Waals surface area contributed by atoms with Crippen molar-refractivity contribution >= 4 is 29.0 Å². The molecule has 1 amide bonds. The Balaban J connectivity index is 1.23. The van der Waals surface area contributed by atoms with Gasteiger partial charge < -0.3 is 23.8 Å². The molecule has 0 atom stereocenters. The van der Waals surface area contributed by atoms with E-state index in [0.717, 1.165) is 37.7 Å². The fraction of sp³-hybridized carbons (Fsp3) is 0.217. The third kappa shape index (κ3) is 5.07. The van der Waals surface area contributed by atoms with Gasteiger partial charge in [0.05, 0.1) is 31.5 Å². The molecule has 1 N–H and O–H groups in total. The quantitative estimate of drug-likeness (QED) is 0.408. The lowest BCUT2D eigenvalue weighted by molar-refractivity contribution is -0.113. The van der Waals surface area contributed by atoms with E-state index in [-0.39, 0.29) is 11.7 Å². The molecule has 9 nitrogen and oxygen atoms in total. The van der Waals surface area contributed by atoms with Crippen molar-refractivity contribution in [1.82, 2.24) is 15.2 Å². The Morgan fingerprint density at radius 2 is 1.64 bits per heavy atom. The van der Waals surface area contributed by atoms with Crippen molar-refractivity contribution in [2.45, 2.75) is 5.16 Å². The van der Waals surface area contributed by atoms with Crippen LogP contribution in [0.4, 0.5) is 11.4 Å². The predicted octanol–water partition coefficient (Wildman–Crippen LogP) is 3.96. The van der Waals surface area contributed by atoms with Gasteiger partial charge in [-0.15, -0.1) is 10.2 Å². The molecule has 1 aromatic carbocycles. The van der Waals surface area contributed by atoms with Crippen LogP contribution in [0.5, 0.6) is 0 Å². The SMILES string of the molecule is O=C(CSc1nnc(-c2ccco2)c(-c2ccco2)n1)Nc1ccc(N2CCOCC2)cc1. The van der Waals surface area contributed by atoms with E-state index in [0.29, 0.717) is 28.1 Å². The number of thioether (sulfide) groups is 1. The average Bonchev–Trinajstić information content (AvgIpc) is 3.58. The second-order valence-electron chi connectivity index (χ2n) is 7.23. The Labute approximate surface area is 194 Å². The molecule has 1 saturated heterocycles. The summed E-state index contributed by atoms with van der Waals surface area (Å²) >= 11 is 1.20. The van der Waals surface area contributed by atoms with Crippen LogP contribution in [0.25, 0.3) is 22.9 Å². The number of ether oxygens (including phenoxy) is 1. The maximum atomic E-state index is 12.5. The summed E-state index contributed by atoms with van der Waals surface area (Å²) in [6, 6.07) is 14.9. The van der Waals surface area contributed by atoms with Crippen molar-refractivity contribution in [3.63, 3.8) is 0 Å². The zero-order valence-electron chi connectivity index (χ0n) is 17.6. The van der Waals surface area contributed by atoms with Crippen molar-refractivity contribution < 1.29 is 18.4 Å². The molecular formula is C23H21N5O4S. The maximum Gasteiger partial charge on any atom is 0.234 e. The average molecular weight is 464 g/mol. The first-order chi connectivity index (χ1) is 16.3. The molecule has 10 heteroatoms. The highest BCUT2D eigenvalue weighted by atomic mass is 32.2. The summed E-state index contributed by atoms with van der Waals surface area (Å²) in [5.74, 6) is 1.07. The molecule has 1 aliphatic heterocycles. The summed E-state index contributed by atoms with van der Waals surface area (Å²) in [5.41, 5.74) is 2.84. The lowest BCUT2D eigenvalue weighted by atomic mass is 10.2. The van der Waals surface area contributed by atoms with Gasteiger partial charge in [-0.2, -0.15) is 0 Å². The molecule has 0 aliphatic carbocycles. The number of furan rings is 2. The number of aromatic nitrogens is 3. The first kappa shape index (κ1) is 21.2. The number of rotatable bonds is 7. The van der Waals surface area contributed by atoms with Crippen LogP contribution in [0.2, 0.25) is 0 Å². The van der Waals surface area contributed by atoms with E-state index in [2.05, 4.69) is 25.4 Å². The smallest absolute Gasteiger partial charge is 0.234 e. The molecule has 5 rings (SSSR count). The summed E-state index contributed by atoms with van der Waals surface area (Å²) in [6.45, 7) is 3.21. The monoisotopic (exact) mass is 463 g/mol. The van der Waals surface area contributed by atoms with Gasteiger partial charge in [-0.25, -0.2) is 4.98 Å². The second-order valence-corrected chi connectivity index (χ2v) is 8.17. The second kappa shape index (κ2) is 9.88. The molecule has 1 aliphatic rings. The van der Waals surface area contributed by atoms with Crippen LogP contribution in [-0.4, -0.2) is 53.1 Å². The van der Waals surface area contributed by atoms with Crippen LogP contribution in [0.15, 0.2) is 75.0 Å². The number of carbonyl (C=O) groups is 1. The first-order valence-corrected chi connectivity index (χ1v) is 11.4. The standard InChI is InChI=1S/C23H21N5O4S/c29-20(24-16-5-7-17(8-6-16)28-9-13-30-14-10-28)15-33-23-25-21(18-3-1-11-31-18)22(26-27-23)19-4-2-12-32-19/h1-8,11-12H,9-10,13-15H2,(H,24,29). The highest BCUT2D eigenvalue weighted by Gasteiger charge is 2.18. The normalized spacial score (nSPS) is 13.8. The number of benzene rings is 1. The van der Waals surface area contributed by atoms with Gasteiger partial charge in [-0.1, -0.05) is 11.8 Å². The number of amides is 1. The minimum absolute atomic E-state index is 0.143. The third-order valence-corrected chi connectivity index (χ3v) is 5.87. The number of hydrogen-bond acceptors (Lipinski definition) is 9. The lowest BCUT2D eigenvalue weighted by Gasteiger charge is -2.28. The number of morpholine rings is 1. The third-order valence-electron chi connectivity index (χ3n) is 5.04. The topological polar surface area (TPSA) is 107 Å². The van der Waals surface area contributed by atoms with E-state index in [1.165, 1.54) is 11.8 Å². The summed E-state index contributed by atoms with van der Waals surface area (Å²) in [5, 5.41) is 11.7. The molecule has 0 spiro atoms. The number of nitrogens with zero attached hydrogens (tertiary/aromatic N) is 4. The van der Waals surface area contributed by atoms with Gasteiger partial charge >= 0.3 is 0 Å². The Morgan fingerprint density at radius 3 is 2.30 bits per heavy atom. The number of anilines is 2. The van der Waals surface area contributed by atoms with E-state index in [1.54, 1.807) is 36.8 Å². The van der Waals surface area contributed by atoms with Crippen LogP contribution >= 0.6 is 11.8 Å². The fourth-order valence-electron chi connectivity index (χ4n) is 3.44. The predicted molar refractivity (Wildman–Crippen MR) is 124 cm³/mol. The summed E-state index contributed by atoms with van der Waals surface area (Å²) in [4.78, 5) is 19.3. The molecule has 3 aromatic heterocycles. The Hall–Kier alpha value is -3.63. The van der Waals surface area contributed by atoms with Crippen molar-refractivity contribution in [2.24, 2.45) is 0 Å². The van der Waals surface area contributed by atoms with Crippen molar-refractivity contribution in [2.75, 3.05) is 42.3 Å². The molecule has 168 valence electrons.